The minimum Gasteiger partial charge on any atom is -0.271 e. The van der Waals surface area contributed by atoms with Gasteiger partial charge in [-0.2, -0.15) is 0 Å². The molecule has 2 aromatic rings. The smallest absolute Gasteiger partial charge is 0.0739 e. The van der Waals surface area contributed by atoms with E-state index in [4.69, 9.17) is 17.4 Å². The Morgan fingerprint density at radius 1 is 1.24 bits per heavy atom. The Morgan fingerprint density at radius 3 is 2.59 bits per heavy atom. The van der Waals surface area contributed by atoms with Gasteiger partial charge >= 0.3 is 0 Å². The van der Waals surface area contributed by atoms with Gasteiger partial charge in [0.05, 0.1) is 6.04 Å². The van der Waals surface area contributed by atoms with E-state index >= 15 is 0 Å². The average Bonchev–Trinajstić information content (AvgIpc) is 2.35. The number of rotatable bonds is 3. The molecule has 1 unspecified atom stereocenters. The summed E-state index contributed by atoms with van der Waals surface area (Å²) in [6.07, 6.45) is 1.81. The Kier molecular flexibility index (Phi) is 3.74. The van der Waals surface area contributed by atoms with Crippen LogP contribution in [-0.4, -0.2) is 4.98 Å². The van der Waals surface area contributed by atoms with Crippen molar-refractivity contribution in [2.24, 2.45) is 5.84 Å². The molecule has 3 nitrogen and oxygen atoms in total. The number of hydrogen-bond donors (Lipinski definition) is 2. The molecule has 0 fully saturated rings. The fourth-order valence-electron chi connectivity index (χ4n) is 1.72. The van der Waals surface area contributed by atoms with Crippen molar-refractivity contribution >= 4 is 11.6 Å². The monoisotopic (exact) mass is 247 g/mol. The van der Waals surface area contributed by atoms with E-state index in [1.54, 1.807) is 0 Å². The van der Waals surface area contributed by atoms with Crippen LogP contribution >= 0.6 is 11.6 Å². The first kappa shape index (κ1) is 12.0. The average molecular weight is 248 g/mol. The maximum absolute atomic E-state index is 6.16. The first-order valence-corrected chi connectivity index (χ1v) is 5.73. The summed E-state index contributed by atoms with van der Waals surface area (Å²) < 4.78 is 0. The summed E-state index contributed by atoms with van der Waals surface area (Å²) >= 11 is 6.16. The van der Waals surface area contributed by atoms with E-state index in [2.05, 4.69) is 10.4 Å². The highest BCUT2D eigenvalue weighted by molar-refractivity contribution is 6.31. The summed E-state index contributed by atoms with van der Waals surface area (Å²) in [5, 5.41) is 0.691. The Morgan fingerprint density at radius 2 is 2.00 bits per heavy atom. The summed E-state index contributed by atoms with van der Waals surface area (Å²) in [6.45, 7) is 1.95. The normalized spacial score (nSPS) is 12.4. The quantitative estimate of drug-likeness (QED) is 0.648. The maximum Gasteiger partial charge on any atom is 0.0739 e. The van der Waals surface area contributed by atoms with E-state index in [1.807, 2.05) is 49.5 Å². The number of nitrogens with one attached hydrogen (secondary N) is 1. The lowest BCUT2D eigenvalue weighted by atomic mass is 10.0. The number of aryl methyl sites for hydroxylation is 1. The molecule has 3 N–H and O–H groups in total. The van der Waals surface area contributed by atoms with Gasteiger partial charge in [-0.05, 0) is 30.2 Å². The van der Waals surface area contributed by atoms with Gasteiger partial charge in [0.25, 0.3) is 0 Å². The number of halogens is 1. The molecule has 4 heteroatoms. The second kappa shape index (κ2) is 5.27. The number of pyridine rings is 1. The molecule has 0 saturated heterocycles. The van der Waals surface area contributed by atoms with Gasteiger partial charge < -0.3 is 0 Å². The maximum atomic E-state index is 6.16. The van der Waals surface area contributed by atoms with Crippen molar-refractivity contribution in [3.63, 3.8) is 0 Å². The number of aromatic nitrogens is 1. The van der Waals surface area contributed by atoms with Gasteiger partial charge in [0.2, 0.25) is 0 Å². The highest BCUT2D eigenvalue weighted by atomic mass is 35.5. The van der Waals surface area contributed by atoms with Crippen LogP contribution in [0.5, 0.6) is 0 Å². The van der Waals surface area contributed by atoms with E-state index in [-0.39, 0.29) is 6.04 Å². The Labute approximate surface area is 106 Å². The van der Waals surface area contributed by atoms with Gasteiger partial charge in [0.1, 0.15) is 0 Å². The number of nitrogens with zero attached hydrogens (tertiary/aromatic N) is 1. The molecule has 0 bridgehead atoms. The molecule has 1 aromatic carbocycles. The summed E-state index contributed by atoms with van der Waals surface area (Å²) in [4.78, 5) is 4.26. The van der Waals surface area contributed by atoms with Crippen LogP contribution in [0, 0.1) is 6.92 Å². The summed E-state index contributed by atoms with van der Waals surface area (Å²) in [5.74, 6) is 5.61. The standard InChI is InChI=1S/C13H14ClN3/c1-9-6-7-10(8-16-9)13(17-15)11-4-2-3-5-12(11)14/h2-8,13,17H,15H2,1H3. The van der Waals surface area contributed by atoms with Crippen molar-refractivity contribution < 1.29 is 0 Å². The van der Waals surface area contributed by atoms with Gasteiger partial charge in [-0.3, -0.25) is 10.8 Å². The molecule has 17 heavy (non-hydrogen) atoms. The number of hydrogen-bond acceptors (Lipinski definition) is 3. The van der Waals surface area contributed by atoms with Crippen molar-refractivity contribution in [3.05, 3.63) is 64.4 Å². The molecule has 1 heterocycles. The SMILES string of the molecule is Cc1ccc(C(NN)c2ccccc2Cl)cn1. The van der Waals surface area contributed by atoms with Crippen LogP contribution in [0.3, 0.4) is 0 Å². The third kappa shape index (κ3) is 2.64. The van der Waals surface area contributed by atoms with Gasteiger partial charge in [-0.15, -0.1) is 0 Å². The molecule has 88 valence electrons. The summed E-state index contributed by atoms with van der Waals surface area (Å²) in [7, 11) is 0. The molecule has 0 spiro atoms. The van der Waals surface area contributed by atoms with Gasteiger partial charge in [-0.1, -0.05) is 35.9 Å². The first-order chi connectivity index (χ1) is 8.22. The molecule has 0 aliphatic rings. The molecule has 0 saturated carbocycles. The second-order valence-corrected chi connectivity index (χ2v) is 4.26. The van der Waals surface area contributed by atoms with E-state index in [0.29, 0.717) is 5.02 Å². The highest BCUT2D eigenvalue weighted by Gasteiger charge is 2.15. The van der Waals surface area contributed by atoms with Crippen molar-refractivity contribution in [2.75, 3.05) is 0 Å². The highest BCUT2D eigenvalue weighted by Crippen LogP contribution is 2.27. The fraction of sp³-hybridized carbons (Fsp3) is 0.154. The third-order valence-corrected chi connectivity index (χ3v) is 2.99. The molecule has 0 amide bonds. The molecule has 1 atom stereocenters. The van der Waals surface area contributed by atoms with Gasteiger partial charge in [-0.25, -0.2) is 5.43 Å². The minimum absolute atomic E-state index is 0.142. The van der Waals surface area contributed by atoms with Crippen LogP contribution in [-0.2, 0) is 0 Å². The molecule has 0 radical (unpaired) electrons. The lowest BCUT2D eigenvalue weighted by molar-refractivity contribution is 0.634. The molecular formula is C13H14ClN3. The van der Waals surface area contributed by atoms with Crippen LogP contribution in [0.25, 0.3) is 0 Å². The van der Waals surface area contributed by atoms with Crippen molar-refractivity contribution in [1.29, 1.82) is 0 Å². The van der Waals surface area contributed by atoms with Crippen LogP contribution < -0.4 is 11.3 Å². The minimum atomic E-state index is -0.142. The Bertz CT molecular complexity index is 496. The van der Waals surface area contributed by atoms with E-state index in [1.165, 1.54) is 0 Å². The van der Waals surface area contributed by atoms with Crippen LogP contribution in [0.15, 0.2) is 42.6 Å². The van der Waals surface area contributed by atoms with E-state index in [0.717, 1.165) is 16.8 Å². The molecule has 2 rings (SSSR count). The van der Waals surface area contributed by atoms with E-state index in [9.17, 15) is 0 Å². The van der Waals surface area contributed by atoms with Crippen LogP contribution in [0.1, 0.15) is 22.9 Å². The van der Waals surface area contributed by atoms with Crippen molar-refractivity contribution in [2.45, 2.75) is 13.0 Å². The van der Waals surface area contributed by atoms with Crippen LogP contribution in [0.2, 0.25) is 5.02 Å². The third-order valence-electron chi connectivity index (χ3n) is 2.65. The molecule has 0 aliphatic heterocycles. The number of benzene rings is 1. The Balaban J connectivity index is 2.40. The summed E-state index contributed by atoms with van der Waals surface area (Å²) in [5.41, 5.74) is 5.68. The number of nitrogens with two attached hydrogens (primary N) is 1. The second-order valence-electron chi connectivity index (χ2n) is 3.85. The summed E-state index contributed by atoms with van der Waals surface area (Å²) in [6, 6.07) is 11.4. The number of hydrazine groups is 1. The fourth-order valence-corrected chi connectivity index (χ4v) is 1.97. The molecular weight excluding hydrogens is 234 g/mol. The Hall–Kier alpha value is -1.42. The van der Waals surface area contributed by atoms with Crippen molar-refractivity contribution in [1.82, 2.24) is 10.4 Å². The molecule has 1 aromatic heterocycles. The lowest BCUT2D eigenvalue weighted by Gasteiger charge is -2.17. The molecule has 0 aliphatic carbocycles. The zero-order valence-corrected chi connectivity index (χ0v) is 10.3. The predicted octanol–water partition coefficient (Wildman–Crippen LogP) is 2.60. The largest absolute Gasteiger partial charge is 0.271 e. The van der Waals surface area contributed by atoms with Gasteiger partial charge in [0.15, 0.2) is 0 Å². The van der Waals surface area contributed by atoms with Crippen LogP contribution in [0.4, 0.5) is 0 Å². The zero-order valence-electron chi connectivity index (χ0n) is 9.52. The predicted molar refractivity (Wildman–Crippen MR) is 69.6 cm³/mol. The lowest BCUT2D eigenvalue weighted by Crippen LogP contribution is -2.29. The first-order valence-electron chi connectivity index (χ1n) is 5.35. The zero-order chi connectivity index (χ0) is 12.3. The van der Waals surface area contributed by atoms with E-state index < -0.39 is 0 Å². The topological polar surface area (TPSA) is 50.9 Å². The van der Waals surface area contributed by atoms with Crippen molar-refractivity contribution in [3.8, 4) is 0 Å². The van der Waals surface area contributed by atoms with Gasteiger partial charge in [0, 0.05) is 16.9 Å².